The Morgan fingerprint density at radius 1 is 1.57 bits per heavy atom. The molecular weight excluding hydrogens is 206 g/mol. The third kappa shape index (κ3) is 1.22. The maximum atomic E-state index is 10.7. The van der Waals surface area contributed by atoms with Gasteiger partial charge in [0.05, 0.1) is 33.7 Å². The number of imidazole rings is 1. The zero-order chi connectivity index (χ0) is 10.1. The van der Waals surface area contributed by atoms with Crippen LogP contribution in [0.15, 0.2) is 18.5 Å². The summed E-state index contributed by atoms with van der Waals surface area (Å²) in [5, 5.41) is 10.7. The molecule has 0 atom stereocenters. The highest BCUT2D eigenvalue weighted by Gasteiger charge is 2.16. The second kappa shape index (κ2) is 3.26. The Kier molecular flexibility index (Phi) is 2.09. The van der Waals surface area contributed by atoms with Crippen LogP contribution in [0.1, 0.15) is 5.56 Å². The van der Waals surface area contributed by atoms with Crippen molar-refractivity contribution in [1.29, 1.82) is 0 Å². The van der Waals surface area contributed by atoms with Crippen molar-refractivity contribution in [2.24, 2.45) is 0 Å². The number of fused-ring (bicyclic) bond motifs is 1. The number of alkyl halides is 1. The van der Waals surface area contributed by atoms with Gasteiger partial charge in [-0.1, -0.05) is 0 Å². The lowest BCUT2D eigenvalue weighted by Crippen LogP contribution is -1.94. The van der Waals surface area contributed by atoms with Gasteiger partial charge in [0, 0.05) is 6.07 Å². The molecule has 72 valence electrons. The van der Waals surface area contributed by atoms with Gasteiger partial charge in [0.15, 0.2) is 0 Å². The number of nitro benzene ring substituents is 1. The van der Waals surface area contributed by atoms with Crippen LogP contribution in [0.3, 0.4) is 0 Å². The van der Waals surface area contributed by atoms with Crippen molar-refractivity contribution in [1.82, 2.24) is 9.97 Å². The highest BCUT2D eigenvalue weighted by atomic mass is 35.5. The molecule has 0 spiro atoms. The van der Waals surface area contributed by atoms with E-state index in [0.29, 0.717) is 11.1 Å². The third-order valence-electron chi connectivity index (χ3n) is 2.00. The van der Waals surface area contributed by atoms with Crippen LogP contribution in [-0.2, 0) is 5.88 Å². The summed E-state index contributed by atoms with van der Waals surface area (Å²) < 4.78 is 0. The van der Waals surface area contributed by atoms with E-state index in [-0.39, 0.29) is 11.6 Å². The van der Waals surface area contributed by atoms with E-state index in [4.69, 9.17) is 11.6 Å². The first-order valence-electron chi connectivity index (χ1n) is 3.89. The number of nitrogens with zero attached hydrogens (tertiary/aromatic N) is 2. The molecule has 5 nitrogen and oxygen atoms in total. The number of hydrogen-bond acceptors (Lipinski definition) is 3. The second-order valence-corrected chi connectivity index (χ2v) is 3.02. The molecule has 0 unspecified atom stereocenters. The van der Waals surface area contributed by atoms with E-state index in [1.54, 1.807) is 6.07 Å². The van der Waals surface area contributed by atoms with E-state index in [0.717, 1.165) is 5.52 Å². The summed E-state index contributed by atoms with van der Waals surface area (Å²) in [5.74, 6) is 0.0819. The number of halogens is 1. The van der Waals surface area contributed by atoms with Gasteiger partial charge in [-0.25, -0.2) is 4.98 Å². The lowest BCUT2D eigenvalue weighted by atomic mass is 10.1. The van der Waals surface area contributed by atoms with Gasteiger partial charge in [0.25, 0.3) is 5.69 Å². The lowest BCUT2D eigenvalue weighted by Gasteiger charge is -1.98. The van der Waals surface area contributed by atoms with E-state index in [2.05, 4.69) is 9.97 Å². The largest absolute Gasteiger partial charge is 0.345 e. The van der Waals surface area contributed by atoms with Crippen molar-refractivity contribution in [3.63, 3.8) is 0 Å². The number of aromatic amines is 1. The molecule has 0 saturated heterocycles. The van der Waals surface area contributed by atoms with Crippen molar-refractivity contribution in [2.75, 3.05) is 0 Å². The molecule has 0 amide bonds. The summed E-state index contributed by atoms with van der Waals surface area (Å²) in [7, 11) is 0. The Morgan fingerprint density at radius 2 is 2.36 bits per heavy atom. The normalized spacial score (nSPS) is 10.6. The molecule has 0 aliphatic heterocycles. The molecule has 0 bridgehead atoms. The first kappa shape index (κ1) is 8.96. The molecule has 2 aromatic rings. The van der Waals surface area contributed by atoms with E-state index >= 15 is 0 Å². The number of rotatable bonds is 2. The Balaban J connectivity index is 2.78. The van der Waals surface area contributed by atoms with Crippen molar-refractivity contribution in [3.05, 3.63) is 34.1 Å². The van der Waals surface area contributed by atoms with Gasteiger partial charge in [-0.2, -0.15) is 0 Å². The summed E-state index contributed by atoms with van der Waals surface area (Å²) in [5.41, 5.74) is 1.79. The van der Waals surface area contributed by atoms with Crippen molar-refractivity contribution in [3.8, 4) is 0 Å². The van der Waals surface area contributed by atoms with Gasteiger partial charge in [-0.05, 0) is 6.07 Å². The Morgan fingerprint density at radius 3 is 3.00 bits per heavy atom. The molecule has 6 heteroatoms. The number of hydrogen-bond donors (Lipinski definition) is 1. The molecule has 0 radical (unpaired) electrons. The number of benzene rings is 1. The van der Waals surface area contributed by atoms with Crippen LogP contribution in [0.25, 0.3) is 11.0 Å². The minimum absolute atomic E-state index is 0.0135. The predicted octanol–water partition coefficient (Wildman–Crippen LogP) is 2.21. The summed E-state index contributed by atoms with van der Waals surface area (Å²) in [4.78, 5) is 17.1. The van der Waals surface area contributed by atoms with E-state index < -0.39 is 4.92 Å². The second-order valence-electron chi connectivity index (χ2n) is 2.75. The van der Waals surface area contributed by atoms with Gasteiger partial charge >= 0.3 is 0 Å². The highest BCUT2D eigenvalue weighted by molar-refractivity contribution is 6.18. The third-order valence-corrected chi connectivity index (χ3v) is 2.27. The summed E-state index contributed by atoms with van der Waals surface area (Å²) in [6.45, 7) is 0. The fraction of sp³-hybridized carbons (Fsp3) is 0.125. The van der Waals surface area contributed by atoms with E-state index in [1.165, 1.54) is 12.4 Å². The van der Waals surface area contributed by atoms with Crippen molar-refractivity contribution < 1.29 is 4.92 Å². The molecule has 2 rings (SSSR count). The Labute approximate surface area is 83.9 Å². The first-order valence-corrected chi connectivity index (χ1v) is 4.43. The standard InChI is InChI=1S/C8H6ClN3O2/c9-3-5-7(12(13)14)2-1-6-8(5)11-4-10-6/h1-2,4H,3H2,(H,10,11). The van der Waals surface area contributed by atoms with Gasteiger partial charge < -0.3 is 4.98 Å². The number of nitro groups is 1. The zero-order valence-electron chi connectivity index (χ0n) is 7.03. The van der Waals surface area contributed by atoms with Crippen LogP contribution >= 0.6 is 11.6 Å². The average Bonchev–Trinajstić information content (AvgIpc) is 2.63. The fourth-order valence-corrected chi connectivity index (χ4v) is 1.62. The van der Waals surface area contributed by atoms with E-state index in [9.17, 15) is 10.1 Å². The van der Waals surface area contributed by atoms with Crippen LogP contribution in [-0.4, -0.2) is 14.9 Å². The van der Waals surface area contributed by atoms with Crippen molar-refractivity contribution >= 4 is 28.3 Å². The first-order chi connectivity index (χ1) is 6.74. The van der Waals surface area contributed by atoms with Crippen LogP contribution in [0, 0.1) is 10.1 Å². The Bertz CT molecular complexity index is 494. The molecule has 1 aromatic heterocycles. The maximum absolute atomic E-state index is 10.7. The average molecular weight is 212 g/mol. The smallest absolute Gasteiger partial charge is 0.276 e. The zero-order valence-corrected chi connectivity index (χ0v) is 7.78. The number of aromatic nitrogens is 2. The lowest BCUT2D eigenvalue weighted by molar-refractivity contribution is -0.385. The van der Waals surface area contributed by atoms with Gasteiger partial charge in [-0.3, -0.25) is 10.1 Å². The van der Waals surface area contributed by atoms with Crippen molar-refractivity contribution in [2.45, 2.75) is 5.88 Å². The molecule has 1 aromatic carbocycles. The van der Waals surface area contributed by atoms with E-state index in [1.807, 2.05) is 0 Å². The summed E-state index contributed by atoms with van der Waals surface area (Å²) in [6.07, 6.45) is 1.49. The van der Waals surface area contributed by atoms with Crippen LogP contribution < -0.4 is 0 Å². The van der Waals surface area contributed by atoms with Gasteiger partial charge in [0.2, 0.25) is 0 Å². The maximum Gasteiger partial charge on any atom is 0.276 e. The molecule has 0 fully saturated rings. The molecule has 0 aliphatic rings. The number of nitrogens with one attached hydrogen (secondary N) is 1. The quantitative estimate of drug-likeness (QED) is 0.470. The van der Waals surface area contributed by atoms with Crippen LogP contribution in [0.2, 0.25) is 0 Å². The van der Waals surface area contributed by atoms with Gasteiger partial charge in [0.1, 0.15) is 0 Å². The van der Waals surface area contributed by atoms with Crippen LogP contribution in [0.5, 0.6) is 0 Å². The molecular formula is C8H6ClN3O2. The molecule has 14 heavy (non-hydrogen) atoms. The SMILES string of the molecule is O=[N+]([O-])c1ccc2[nH]cnc2c1CCl. The molecule has 1 N–H and O–H groups in total. The fourth-order valence-electron chi connectivity index (χ4n) is 1.36. The predicted molar refractivity (Wildman–Crippen MR) is 52.3 cm³/mol. The topological polar surface area (TPSA) is 71.8 Å². The van der Waals surface area contributed by atoms with Crippen LogP contribution in [0.4, 0.5) is 5.69 Å². The Hall–Kier alpha value is -1.62. The molecule has 0 aliphatic carbocycles. The summed E-state index contributed by atoms with van der Waals surface area (Å²) >= 11 is 5.65. The number of H-pyrrole nitrogens is 1. The summed E-state index contributed by atoms with van der Waals surface area (Å²) in [6, 6.07) is 3.05. The monoisotopic (exact) mass is 211 g/mol. The van der Waals surface area contributed by atoms with Gasteiger partial charge in [-0.15, -0.1) is 11.6 Å². The highest BCUT2D eigenvalue weighted by Crippen LogP contribution is 2.26. The molecule has 0 saturated carbocycles. The molecule has 1 heterocycles. The minimum Gasteiger partial charge on any atom is -0.345 e. The minimum atomic E-state index is -0.453.